The quantitative estimate of drug-likeness (QED) is 0.823. The highest BCUT2D eigenvalue weighted by Gasteiger charge is 2.14. The second-order valence-electron chi connectivity index (χ2n) is 4.01. The van der Waals surface area contributed by atoms with Crippen LogP contribution in [0.2, 0.25) is 0 Å². The minimum atomic E-state index is -0.450. The van der Waals surface area contributed by atoms with Gasteiger partial charge in [-0.05, 0) is 31.4 Å². The molecule has 1 aromatic carbocycles. The molecule has 1 unspecified atom stereocenters. The molecule has 0 saturated heterocycles. The Hall–Kier alpha value is -1.51. The molecule has 0 spiro atoms. The first-order chi connectivity index (χ1) is 8.19. The maximum atomic E-state index is 11.7. The topological polar surface area (TPSA) is 38.3 Å². The average Bonchev–Trinajstić information content (AvgIpc) is 2.36. The fraction of sp³-hybridized carbons (Fsp3) is 0.500. The molecule has 0 fully saturated rings. The lowest BCUT2D eigenvalue weighted by atomic mass is 10.1. The van der Waals surface area contributed by atoms with Crippen LogP contribution in [0, 0.1) is 0 Å². The Bertz CT molecular complexity index is 363. The van der Waals surface area contributed by atoms with Crippen molar-refractivity contribution in [2.24, 2.45) is 0 Å². The number of carbonyl (C=O) groups excluding carboxylic acids is 1. The van der Waals surface area contributed by atoms with Crippen molar-refractivity contribution in [3.05, 3.63) is 29.8 Å². The van der Waals surface area contributed by atoms with Gasteiger partial charge in [0, 0.05) is 6.54 Å². The van der Waals surface area contributed by atoms with Crippen LogP contribution in [0.15, 0.2) is 24.3 Å². The van der Waals surface area contributed by atoms with E-state index in [1.54, 1.807) is 6.92 Å². The van der Waals surface area contributed by atoms with E-state index in [1.165, 1.54) is 0 Å². The third-order valence-corrected chi connectivity index (χ3v) is 2.58. The Morgan fingerprint density at radius 3 is 2.71 bits per heavy atom. The van der Waals surface area contributed by atoms with Gasteiger partial charge in [-0.1, -0.05) is 32.0 Å². The van der Waals surface area contributed by atoms with Gasteiger partial charge in [0.25, 0.3) is 5.91 Å². The van der Waals surface area contributed by atoms with Crippen LogP contribution in [0.5, 0.6) is 5.75 Å². The molecule has 1 aromatic rings. The number of benzene rings is 1. The standard InChI is InChI=1S/C14H21NO2/c1-4-10-15-14(16)11(3)17-13-9-7-6-8-12(13)5-2/h6-9,11H,4-5,10H2,1-3H3,(H,15,16). The van der Waals surface area contributed by atoms with Gasteiger partial charge in [-0.2, -0.15) is 0 Å². The van der Waals surface area contributed by atoms with E-state index >= 15 is 0 Å². The normalized spacial score (nSPS) is 11.9. The number of aryl methyl sites for hydroxylation is 1. The predicted octanol–water partition coefficient (Wildman–Crippen LogP) is 2.54. The van der Waals surface area contributed by atoms with E-state index < -0.39 is 6.10 Å². The van der Waals surface area contributed by atoms with E-state index in [-0.39, 0.29) is 5.91 Å². The Balaban J connectivity index is 2.60. The van der Waals surface area contributed by atoms with Crippen molar-refractivity contribution in [3.8, 4) is 5.75 Å². The first-order valence-corrected chi connectivity index (χ1v) is 6.21. The van der Waals surface area contributed by atoms with Gasteiger partial charge in [0.15, 0.2) is 6.10 Å². The van der Waals surface area contributed by atoms with Gasteiger partial charge in [0.2, 0.25) is 0 Å². The lowest BCUT2D eigenvalue weighted by Gasteiger charge is -2.16. The van der Waals surface area contributed by atoms with Crippen LogP contribution in [0.4, 0.5) is 0 Å². The lowest BCUT2D eigenvalue weighted by Crippen LogP contribution is -2.36. The molecular formula is C14H21NO2. The SMILES string of the molecule is CCCNC(=O)C(C)Oc1ccccc1CC. The average molecular weight is 235 g/mol. The third-order valence-electron chi connectivity index (χ3n) is 2.58. The van der Waals surface area contributed by atoms with E-state index in [0.717, 1.165) is 24.2 Å². The first kappa shape index (κ1) is 13.6. The van der Waals surface area contributed by atoms with Crippen LogP contribution >= 0.6 is 0 Å². The number of ether oxygens (including phenoxy) is 1. The number of hydrogen-bond donors (Lipinski definition) is 1. The molecule has 94 valence electrons. The molecule has 3 heteroatoms. The van der Waals surface area contributed by atoms with Crippen molar-refractivity contribution >= 4 is 5.91 Å². The first-order valence-electron chi connectivity index (χ1n) is 6.21. The molecule has 1 rings (SSSR count). The van der Waals surface area contributed by atoms with E-state index in [9.17, 15) is 4.79 Å². The Morgan fingerprint density at radius 2 is 2.06 bits per heavy atom. The van der Waals surface area contributed by atoms with Crippen molar-refractivity contribution < 1.29 is 9.53 Å². The summed E-state index contributed by atoms with van der Waals surface area (Å²) in [4.78, 5) is 11.7. The highest BCUT2D eigenvalue weighted by Crippen LogP contribution is 2.19. The summed E-state index contributed by atoms with van der Waals surface area (Å²) < 4.78 is 5.68. The van der Waals surface area contributed by atoms with Gasteiger partial charge in [-0.3, -0.25) is 4.79 Å². The summed E-state index contributed by atoms with van der Waals surface area (Å²) in [5, 5.41) is 2.83. The monoisotopic (exact) mass is 235 g/mol. The maximum absolute atomic E-state index is 11.7. The Morgan fingerprint density at radius 1 is 1.35 bits per heavy atom. The van der Waals surface area contributed by atoms with Crippen LogP contribution in [-0.2, 0) is 11.2 Å². The van der Waals surface area contributed by atoms with Gasteiger partial charge in [-0.15, -0.1) is 0 Å². The molecule has 0 aromatic heterocycles. The third kappa shape index (κ3) is 4.10. The number of hydrogen-bond acceptors (Lipinski definition) is 2. The van der Waals surface area contributed by atoms with Gasteiger partial charge < -0.3 is 10.1 Å². The molecule has 0 bridgehead atoms. The van der Waals surface area contributed by atoms with Crippen LogP contribution in [-0.4, -0.2) is 18.6 Å². The fourth-order valence-electron chi connectivity index (χ4n) is 1.55. The van der Waals surface area contributed by atoms with Crippen LogP contribution in [0.3, 0.4) is 0 Å². The number of nitrogens with one attached hydrogen (secondary N) is 1. The molecule has 1 N–H and O–H groups in total. The number of para-hydroxylation sites is 1. The van der Waals surface area contributed by atoms with Gasteiger partial charge in [0.05, 0.1) is 0 Å². The zero-order chi connectivity index (χ0) is 12.7. The van der Waals surface area contributed by atoms with Crippen molar-refractivity contribution in [2.75, 3.05) is 6.54 Å². The summed E-state index contributed by atoms with van der Waals surface area (Å²) in [6.07, 6.45) is 1.39. The summed E-state index contributed by atoms with van der Waals surface area (Å²) in [7, 11) is 0. The fourth-order valence-corrected chi connectivity index (χ4v) is 1.55. The zero-order valence-corrected chi connectivity index (χ0v) is 10.8. The Kier molecular flexibility index (Phi) is 5.53. The van der Waals surface area contributed by atoms with Gasteiger partial charge in [0.1, 0.15) is 5.75 Å². The minimum Gasteiger partial charge on any atom is -0.481 e. The van der Waals surface area contributed by atoms with Crippen molar-refractivity contribution in [3.63, 3.8) is 0 Å². The van der Waals surface area contributed by atoms with E-state index in [2.05, 4.69) is 12.2 Å². The van der Waals surface area contributed by atoms with Gasteiger partial charge in [-0.25, -0.2) is 0 Å². The summed E-state index contributed by atoms with van der Waals surface area (Å²) in [6.45, 7) is 6.57. The largest absolute Gasteiger partial charge is 0.481 e. The molecule has 0 aliphatic heterocycles. The number of amides is 1. The maximum Gasteiger partial charge on any atom is 0.260 e. The lowest BCUT2D eigenvalue weighted by molar-refractivity contribution is -0.127. The summed E-state index contributed by atoms with van der Waals surface area (Å²) >= 11 is 0. The summed E-state index contributed by atoms with van der Waals surface area (Å²) in [5.41, 5.74) is 1.13. The van der Waals surface area contributed by atoms with E-state index in [1.807, 2.05) is 31.2 Å². The molecule has 0 radical (unpaired) electrons. The molecule has 0 heterocycles. The van der Waals surface area contributed by atoms with Crippen molar-refractivity contribution in [1.82, 2.24) is 5.32 Å². The predicted molar refractivity (Wildman–Crippen MR) is 69.2 cm³/mol. The van der Waals surface area contributed by atoms with Crippen LogP contribution in [0.25, 0.3) is 0 Å². The molecule has 1 atom stereocenters. The summed E-state index contributed by atoms with van der Waals surface area (Å²) in [5.74, 6) is 0.743. The Labute approximate surface area is 103 Å². The van der Waals surface area contributed by atoms with Crippen molar-refractivity contribution in [1.29, 1.82) is 0 Å². The van der Waals surface area contributed by atoms with Crippen molar-refractivity contribution in [2.45, 2.75) is 39.7 Å². The second-order valence-corrected chi connectivity index (χ2v) is 4.01. The molecule has 0 saturated carbocycles. The van der Waals surface area contributed by atoms with E-state index in [4.69, 9.17) is 4.74 Å². The van der Waals surface area contributed by atoms with Gasteiger partial charge >= 0.3 is 0 Å². The minimum absolute atomic E-state index is 0.0576. The number of carbonyl (C=O) groups is 1. The highest BCUT2D eigenvalue weighted by molar-refractivity contribution is 5.80. The molecular weight excluding hydrogens is 214 g/mol. The molecule has 3 nitrogen and oxygen atoms in total. The molecule has 0 aliphatic rings. The smallest absolute Gasteiger partial charge is 0.260 e. The van der Waals surface area contributed by atoms with Crippen LogP contribution in [0.1, 0.15) is 32.8 Å². The molecule has 0 aliphatic carbocycles. The van der Waals surface area contributed by atoms with Crippen LogP contribution < -0.4 is 10.1 Å². The highest BCUT2D eigenvalue weighted by atomic mass is 16.5. The summed E-state index contributed by atoms with van der Waals surface area (Å²) in [6, 6.07) is 7.83. The molecule has 1 amide bonds. The van der Waals surface area contributed by atoms with E-state index in [0.29, 0.717) is 6.54 Å². The molecule has 17 heavy (non-hydrogen) atoms. The second kappa shape index (κ2) is 6.94. The number of rotatable bonds is 6. The zero-order valence-electron chi connectivity index (χ0n) is 10.8.